The lowest BCUT2D eigenvalue weighted by Crippen LogP contribution is -2.25. The standard InChI is InChI=1S/C19H21ClN2O4/c1-22(19(24)25-2)16-9-7-15(8-10-16)21-18(23)4-3-13-26-17-11-5-14(20)6-12-17/h5-12H,3-4,13H2,1-2H3,(H,21,23). The minimum atomic E-state index is -0.456. The molecule has 0 aliphatic heterocycles. The Morgan fingerprint density at radius 2 is 1.73 bits per heavy atom. The Morgan fingerprint density at radius 3 is 2.35 bits per heavy atom. The Morgan fingerprint density at radius 1 is 1.08 bits per heavy atom. The molecule has 0 bridgehead atoms. The summed E-state index contributed by atoms with van der Waals surface area (Å²) in [6.45, 7) is 0.442. The lowest BCUT2D eigenvalue weighted by molar-refractivity contribution is -0.116. The molecule has 0 radical (unpaired) electrons. The third kappa shape index (κ3) is 5.97. The molecule has 0 fully saturated rings. The summed E-state index contributed by atoms with van der Waals surface area (Å²) < 4.78 is 10.2. The highest BCUT2D eigenvalue weighted by Crippen LogP contribution is 2.18. The molecule has 0 atom stereocenters. The summed E-state index contributed by atoms with van der Waals surface area (Å²) in [6.07, 6.45) is 0.483. The van der Waals surface area contributed by atoms with E-state index in [1.54, 1.807) is 55.6 Å². The van der Waals surface area contributed by atoms with Crippen molar-refractivity contribution in [1.29, 1.82) is 0 Å². The van der Waals surface area contributed by atoms with Gasteiger partial charge in [-0.1, -0.05) is 11.6 Å². The number of hydrogen-bond acceptors (Lipinski definition) is 4. The largest absolute Gasteiger partial charge is 0.494 e. The fourth-order valence-electron chi connectivity index (χ4n) is 2.19. The molecule has 1 N–H and O–H groups in total. The summed E-state index contributed by atoms with van der Waals surface area (Å²) in [5.74, 6) is 0.624. The van der Waals surface area contributed by atoms with Gasteiger partial charge in [-0.05, 0) is 55.0 Å². The smallest absolute Gasteiger partial charge is 0.413 e. The van der Waals surface area contributed by atoms with Crippen molar-refractivity contribution in [2.45, 2.75) is 12.8 Å². The van der Waals surface area contributed by atoms with Gasteiger partial charge in [0.05, 0.1) is 13.7 Å². The van der Waals surface area contributed by atoms with Crippen LogP contribution in [0.25, 0.3) is 0 Å². The number of amides is 2. The fourth-order valence-corrected chi connectivity index (χ4v) is 2.31. The summed E-state index contributed by atoms with van der Waals surface area (Å²) >= 11 is 5.81. The first-order chi connectivity index (χ1) is 12.5. The Bertz CT molecular complexity index is 732. The van der Waals surface area contributed by atoms with Gasteiger partial charge in [0.2, 0.25) is 5.91 Å². The number of carbonyl (C=O) groups is 2. The predicted octanol–water partition coefficient (Wildman–Crippen LogP) is 4.34. The molecule has 138 valence electrons. The van der Waals surface area contributed by atoms with E-state index in [1.807, 2.05) is 0 Å². The second kappa shape index (κ2) is 9.68. The van der Waals surface area contributed by atoms with Gasteiger partial charge in [0.25, 0.3) is 0 Å². The summed E-state index contributed by atoms with van der Waals surface area (Å²) in [5.41, 5.74) is 1.34. The van der Waals surface area contributed by atoms with Crippen LogP contribution in [0.5, 0.6) is 5.75 Å². The highest BCUT2D eigenvalue weighted by molar-refractivity contribution is 6.30. The molecule has 26 heavy (non-hydrogen) atoms. The maximum Gasteiger partial charge on any atom is 0.413 e. The maximum atomic E-state index is 12.0. The highest BCUT2D eigenvalue weighted by Gasteiger charge is 2.10. The summed E-state index contributed by atoms with van der Waals surface area (Å²) in [7, 11) is 2.93. The molecule has 0 aliphatic carbocycles. The van der Waals surface area contributed by atoms with Crippen LogP contribution in [0.4, 0.5) is 16.2 Å². The summed E-state index contributed by atoms with van der Waals surface area (Å²) in [6, 6.07) is 14.0. The van der Waals surface area contributed by atoms with Crippen LogP contribution >= 0.6 is 11.6 Å². The summed E-state index contributed by atoms with van der Waals surface area (Å²) in [4.78, 5) is 24.8. The van der Waals surface area contributed by atoms with Crippen LogP contribution in [0.15, 0.2) is 48.5 Å². The molecule has 7 heteroatoms. The fraction of sp³-hybridized carbons (Fsp3) is 0.263. The first kappa shape index (κ1) is 19.6. The quantitative estimate of drug-likeness (QED) is 0.730. The molecule has 2 amide bonds. The van der Waals surface area contributed by atoms with Crippen molar-refractivity contribution in [1.82, 2.24) is 0 Å². The monoisotopic (exact) mass is 376 g/mol. The molecule has 0 spiro atoms. The number of methoxy groups -OCH3 is 1. The predicted molar refractivity (Wildman–Crippen MR) is 102 cm³/mol. The van der Waals surface area contributed by atoms with Crippen molar-refractivity contribution in [3.63, 3.8) is 0 Å². The van der Waals surface area contributed by atoms with Gasteiger partial charge in [0.1, 0.15) is 5.75 Å². The molecule has 2 aromatic rings. The molecule has 2 aromatic carbocycles. The van der Waals surface area contributed by atoms with E-state index in [4.69, 9.17) is 16.3 Å². The van der Waals surface area contributed by atoms with Gasteiger partial charge in [-0.3, -0.25) is 9.69 Å². The molecule has 0 saturated carbocycles. The van der Waals surface area contributed by atoms with Gasteiger partial charge < -0.3 is 14.8 Å². The number of ether oxygens (including phenoxy) is 2. The van der Waals surface area contributed by atoms with Crippen LogP contribution in [0.2, 0.25) is 5.02 Å². The molecule has 2 rings (SSSR count). The number of halogens is 1. The normalized spacial score (nSPS) is 10.1. The zero-order valence-electron chi connectivity index (χ0n) is 14.7. The number of benzene rings is 2. The number of carbonyl (C=O) groups excluding carboxylic acids is 2. The number of rotatable bonds is 7. The second-order valence-corrected chi connectivity index (χ2v) is 5.97. The SMILES string of the molecule is COC(=O)N(C)c1ccc(NC(=O)CCCOc2ccc(Cl)cc2)cc1. The summed E-state index contributed by atoms with van der Waals surface area (Å²) in [5, 5.41) is 3.46. The van der Waals surface area contributed by atoms with Crippen molar-refractivity contribution >= 4 is 35.0 Å². The highest BCUT2D eigenvalue weighted by atomic mass is 35.5. The van der Waals surface area contributed by atoms with Gasteiger partial charge in [-0.15, -0.1) is 0 Å². The van der Waals surface area contributed by atoms with Gasteiger partial charge in [0, 0.05) is 29.9 Å². The zero-order valence-corrected chi connectivity index (χ0v) is 15.5. The third-order valence-corrected chi connectivity index (χ3v) is 3.87. The molecule has 0 aromatic heterocycles. The lowest BCUT2D eigenvalue weighted by atomic mass is 10.2. The maximum absolute atomic E-state index is 12.0. The van der Waals surface area contributed by atoms with Crippen molar-refractivity contribution in [3.05, 3.63) is 53.6 Å². The van der Waals surface area contributed by atoms with Crippen LogP contribution in [-0.4, -0.2) is 32.8 Å². The van der Waals surface area contributed by atoms with Crippen molar-refractivity contribution in [2.24, 2.45) is 0 Å². The van der Waals surface area contributed by atoms with Gasteiger partial charge in [0.15, 0.2) is 0 Å². The van der Waals surface area contributed by atoms with E-state index in [-0.39, 0.29) is 5.91 Å². The zero-order chi connectivity index (χ0) is 18.9. The number of anilines is 2. The Balaban J connectivity index is 1.73. The number of hydrogen-bond donors (Lipinski definition) is 1. The average molecular weight is 377 g/mol. The van der Waals surface area contributed by atoms with E-state index < -0.39 is 6.09 Å². The lowest BCUT2D eigenvalue weighted by Gasteiger charge is -2.16. The minimum Gasteiger partial charge on any atom is -0.494 e. The van der Waals surface area contributed by atoms with Crippen molar-refractivity contribution in [2.75, 3.05) is 31.0 Å². The van der Waals surface area contributed by atoms with Crippen molar-refractivity contribution < 1.29 is 19.1 Å². The molecule has 0 heterocycles. The molecular weight excluding hydrogens is 356 g/mol. The minimum absolute atomic E-state index is 0.0984. The second-order valence-electron chi connectivity index (χ2n) is 5.53. The van der Waals surface area contributed by atoms with Gasteiger partial charge in [-0.25, -0.2) is 4.79 Å². The van der Waals surface area contributed by atoms with Crippen molar-refractivity contribution in [3.8, 4) is 5.75 Å². The molecule has 0 unspecified atom stereocenters. The van der Waals surface area contributed by atoms with E-state index in [2.05, 4.69) is 10.1 Å². The number of nitrogens with one attached hydrogen (secondary N) is 1. The molecular formula is C19H21ClN2O4. The first-order valence-corrected chi connectivity index (χ1v) is 8.47. The Labute approximate surface area is 157 Å². The first-order valence-electron chi connectivity index (χ1n) is 8.09. The van der Waals surface area contributed by atoms with E-state index in [1.165, 1.54) is 12.0 Å². The van der Waals surface area contributed by atoms with Crippen LogP contribution in [0, 0.1) is 0 Å². The topological polar surface area (TPSA) is 67.9 Å². The molecule has 6 nitrogen and oxygen atoms in total. The Kier molecular flexibility index (Phi) is 7.29. The van der Waals surface area contributed by atoms with Crippen LogP contribution < -0.4 is 15.0 Å². The average Bonchev–Trinajstić information content (AvgIpc) is 2.66. The van der Waals surface area contributed by atoms with E-state index in [0.29, 0.717) is 35.8 Å². The molecule has 0 aliphatic rings. The van der Waals surface area contributed by atoms with E-state index >= 15 is 0 Å². The van der Waals surface area contributed by atoms with Crippen LogP contribution in [-0.2, 0) is 9.53 Å². The third-order valence-electron chi connectivity index (χ3n) is 3.62. The number of nitrogens with zero attached hydrogens (tertiary/aromatic N) is 1. The van der Waals surface area contributed by atoms with Gasteiger partial charge in [-0.2, -0.15) is 0 Å². The van der Waals surface area contributed by atoms with Crippen LogP contribution in [0.1, 0.15) is 12.8 Å². The van der Waals surface area contributed by atoms with E-state index in [9.17, 15) is 9.59 Å². The van der Waals surface area contributed by atoms with Gasteiger partial charge >= 0.3 is 6.09 Å². The Hall–Kier alpha value is -2.73. The van der Waals surface area contributed by atoms with E-state index in [0.717, 1.165) is 5.75 Å². The van der Waals surface area contributed by atoms with Crippen LogP contribution in [0.3, 0.4) is 0 Å². The molecule has 0 saturated heterocycles.